The van der Waals surface area contributed by atoms with Crippen molar-refractivity contribution in [2.24, 2.45) is 0 Å². The highest BCUT2D eigenvalue weighted by Crippen LogP contribution is 2.17. The summed E-state index contributed by atoms with van der Waals surface area (Å²) in [6.07, 6.45) is 3.52. The Morgan fingerprint density at radius 1 is 1.38 bits per heavy atom. The van der Waals surface area contributed by atoms with Crippen LogP contribution in [0.4, 0.5) is 5.82 Å². The van der Waals surface area contributed by atoms with Crippen LogP contribution in [0.5, 0.6) is 0 Å². The summed E-state index contributed by atoms with van der Waals surface area (Å²) in [5.41, 5.74) is 1.19. The molecule has 2 heterocycles. The third-order valence-corrected chi connectivity index (χ3v) is 2.95. The fourth-order valence-corrected chi connectivity index (χ4v) is 1.74. The van der Waals surface area contributed by atoms with Gasteiger partial charge in [0.1, 0.15) is 11.6 Å². The number of anilines is 1. The zero-order valence-corrected chi connectivity index (χ0v) is 10.9. The Morgan fingerprint density at radius 2 is 2.19 bits per heavy atom. The molecule has 2 rings (SSSR count). The normalized spacial score (nSPS) is 10.4. The third-order valence-electron chi connectivity index (χ3n) is 2.48. The van der Waals surface area contributed by atoms with Gasteiger partial charge >= 0.3 is 0 Å². The number of furan rings is 1. The van der Waals surface area contributed by atoms with E-state index in [1.54, 1.807) is 12.5 Å². The molecule has 0 radical (unpaired) electrons. The average molecular weight is 281 g/mol. The summed E-state index contributed by atoms with van der Waals surface area (Å²) in [7, 11) is 2.02. The molecule has 0 unspecified atom stereocenters. The maximum atomic E-state index is 5.27. The Morgan fingerprint density at radius 3 is 2.75 bits per heavy atom. The van der Waals surface area contributed by atoms with Gasteiger partial charge in [0, 0.05) is 29.8 Å². The molecule has 84 valence electrons. The number of halogens is 1. The van der Waals surface area contributed by atoms with Crippen molar-refractivity contribution in [2.45, 2.75) is 13.5 Å². The first kappa shape index (κ1) is 11.2. The summed E-state index contributed by atoms with van der Waals surface area (Å²) in [4.78, 5) is 6.42. The molecule has 16 heavy (non-hydrogen) atoms. The van der Waals surface area contributed by atoms with Crippen molar-refractivity contribution in [3.63, 3.8) is 0 Å². The number of aromatic nitrogens is 1. The van der Waals surface area contributed by atoms with Crippen molar-refractivity contribution in [1.29, 1.82) is 0 Å². The van der Waals surface area contributed by atoms with E-state index >= 15 is 0 Å². The van der Waals surface area contributed by atoms with E-state index in [1.807, 2.05) is 32.2 Å². The molecular formula is C12H13BrN2O. The standard InChI is InChI=1S/C12H13BrN2O/c1-9-10(5-6-16-9)8-15(2)12-4-3-11(13)7-14-12/h3-7H,8H2,1-2H3. The summed E-state index contributed by atoms with van der Waals surface area (Å²) in [6, 6.07) is 5.96. The van der Waals surface area contributed by atoms with Crippen molar-refractivity contribution >= 4 is 21.7 Å². The van der Waals surface area contributed by atoms with Crippen LogP contribution in [-0.4, -0.2) is 12.0 Å². The van der Waals surface area contributed by atoms with Crippen molar-refractivity contribution in [2.75, 3.05) is 11.9 Å². The highest BCUT2D eigenvalue weighted by Gasteiger charge is 2.07. The Labute approximate surface area is 103 Å². The van der Waals surface area contributed by atoms with E-state index in [9.17, 15) is 0 Å². The van der Waals surface area contributed by atoms with Crippen molar-refractivity contribution < 1.29 is 4.42 Å². The molecule has 0 saturated heterocycles. The van der Waals surface area contributed by atoms with Gasteiger partial charge in [-0.3, -0.25) is 0 Å². The van der Waals surface area contributed by atoms with Crippen LogP contribution in [-0.2, 0) is 6.54 Å². The first-order valence-corrected chi connectivity index (χ1v) is 5.82. The smallest absolute Gasteiger partial charge is 0.128 e. The Hall–Kier alpha value is -1.29. The SMILES string of the molecule is Cc1occc1CN(C)c1ccc(Br)cn1. The minimum atomic E-state index is 0.803. The Kier molecular flexibility index (Phi) is 3.29. The average Bonchev–Trinajstić information content (AvgIpc) is 2.65. The lowest BCUT2D eigenvalue weighted by molar-refractivity contribution is 0.529. The number of hydrogen-bond acceptors (Lipinski definition) is 3. The zero-order chi connectivity index (χ0) is 11.5. The topological polar surface area (TPSA) is 29.3 Å². The molecule has 0 atom stereocenters. The van der Waals surface area contributed by atoms with Crippen LogP contribution >= 0.6 is 15.9 Å². The molecule has 0 aliphatic heterocycles. The van der Waals surface area contributed by atoms with Gasteiger partial charge in [-0.25, -0.2) is 4.98 Å². The molecule has 0 bridgehead atoms. The Balaban J connectivity index is 2.11. The second kappa shape index (κ2) is 4.70. The zero-order valence-electron chi connectivity index (χ0n) is 9.27. The molecule has 3 nitrogen and oxygen atoms in total. The molecule has 0 aliphatic carbocycles. The third kappa shape index (κ3) is 2.44. The highest BCUT2D eigenvalue weighted by atomic mass is 79.9. The van der Waals surface area contributed by atoms with E-state index in [2.05, 4.69) is 25.8 Å². The van der Waals surface area contributed by atoms with E-state index in [1.165, 1.54) is 5.56 Å². The Bertz CT molecular complexity index is 464. The van der Waals surface area contributed by atoms with Crippen LogP contribution in [0, 0.1) is 6.92 Å². The van der Waals surface area contributed by atoms with Gasteiger partial charge in [-0.1, -0.05) is 0 Å². The van der Waals surface area contributed by atoms with Gasteiger partial charge in [0.05, 0.1) is 6.26 Å². The fraction of sp³-hybridized carbons (Fsp3) is 0.250. The van der Waals surface area contributed by atoms with E-state index in [0.717, 1.165) is 22.6 Å². The van der Waals surface area contributed by atoms with Crippen molar-refractivity contribution in [3.8, 4) is 0 Å². The number of aryl methyl sites for hydroxylation is 1. The van der Waals surface area contributed by atoms with E-state index < -0.39 is 0 Å². The minimum absolute atomic E-state index is 0.803. The summed E-state index contributed by atoms with van der Waals surface area (Å²) >= 11 is 3.37. The summed E-state index contributed by atoms with van der Waals surface area (Å²) in [6.45, 7) is 2.77. The van der Waals surface area contributed by atoms with Crippen molar-refractivity contribution in [3.05, 3.63) is 46.5 Å². The van der Waals surface area contributed by atoms with Crippen LogP contribution in [0.3, 0.4) is 0 Å². The molecule has 0 N–H and O–H groups in total. The quantitative estimate of drug-likeness (QED) is 0.863. The van der Waals surface area contributed by atoms with E-state index in [0.29, 0.717) is 0 Å². The molecule has 0 saturated carbocycles. The molecular weight excluding hydrogens is 268 g/mol. The van der Waals surface area contributed by atoms with Gasteiger partial charge in [0.15, 0.2) is 0 Å². The lowest BCUT2D eigenvalue weighted by Gasteiger charge is -2.17. The second-order valence-corrected chi connectivity index (χ2v) is 4.61. The molecule has 2 aromatic heterocycles. The van der Waals surface area contributed by atoms with Crippen LogP contribution in [0.1, 0.15) is 11.3 Å². The molecule has 0 amide bonds. The van der Waals surface area contributed by atoms with Gasteiger partial charge in [-0.15, -0.1) is 0 Å². The summed E-state index contributed by atoms with van der Waals surface area (Å²) in [5.74, 6) is 1.91. The summed E-state index contributed by atoms with van der Waals surface area (Å²) < 4.78 is 6.26. The monoisotopic (exact) mass is 280 g/mol. The van der Waals surface area contributed by atoms with Gasteiger partial charge in [0.2, 0.25) is 0 Å². The van der Waals surface area contributed by atoms with Gasteiger partial charge < -0.3 is 9.32 Å². The molecule has 0 spiro atoms. The van der Waals surface area contributed by atoms with Gasteiger partial charge in [-0.05, 0) is 41.1 Å². The molecule has 0 aliphatic rings. The molecule has 2 aromatic rings. The lowest BCUT2D eigenvalue weighted by Crippen LogP contribution is -2.17. The first-order chi connectivity index (χ1) is 7.66. The largest absolute Gasteiger partial charge is 0.469 e. The predicted molar refractivity (Wildman–Crippen MR) is 67.5 cm³/mol. The van der Waals surface area contributed by atoms with Crippen molar-refractivity contribution in [1.82, 2.24) is 4.98 Å². The van der Waals surface area contributed by atoms with E-state index in [4.69, 9.17) is 4.42 Å². The van der Waals surface area contributed by atoms with Gasteiger partial charge in [0.25, 0.3) is 0 Å². The maximum Gasteiger partial charge on any atom is 0.128 e. The molecule has 0 aromatic carbocycles. The lowest BCUT2D eigenvalue weighted by atomic mass is 10.2. The van der Waals surface area contributed by atoms with Crippen LogP contribution in [0.25, 0.3) is 0 Å². The predicted octanol–water partition coefficient (Wildman–Crippen LogP) is 3.38. The van der Waals surface area contributed by atoms with Crippen LogP contribution < -0.4 is 4.90 Å². The number of pyridine rings is 1. The van der Waals surface area contributed by atoms with Gasteiger partial charge in [-0.2, -0.15) is 0 Å². The van der Waals surface area contributed by atoms with Crippen LogP contribution in [0.15, 0.2) is 39.5 Å². The summed E-state index contributed by atoms with van der Waals surface area (Å²) in [5, 5.41) is 0. The highest BCUT2D eigenvalue weighted by molar-refractivity contribution is 9.10. The fourth-order valence-electron chi connectivity index (χ4n) is 1.51. The number of hydrogen-bond donors (Lipinski definition) is 0. The van der Waals surface area contributed by atoms with Crippen LogP contribution in [0.2, 0.25) is 0 Å². The first-order valence-electron chi connectivity index (χ1n) is 5.02. The maximum absolute atomic E-state index is 5.27. The molecule has 4 heteroatoms. The second-order valence-electron chi connectivity index (χ2n) is 3.69. The van der Waals surface area contributed by atoms with E-state index in [-0.39, 0.29) is 0 Å². The number of nitrogens with zero attached hydrogens (tertiary/aromatic N) is 2. The molecule has 0 fully saturated rings. The number of rotatable bonds is 3. The minimum Gasteiger partial charge on any atom is -0.469 e.